The molecule has 2 aromatic heterocycles. The second-order valence-corrected chi connectivity index (χ2v) is 7.44. The summed E-state index contributed by atoms with van der Waals surface area (Å²) >= 11 is 0. The first kappa shape index (κ1) is 17.9. The molecule has 144 valence electrons. The first-order chi connectivity index (χ1) is 12.9. The van der Waals surface area contributed by atoms with Crippen LogP contribution in [-0.2, 0) is 4.74 Å². The minimum Gasteiger partial charge on any atom is -0.462 e. The van der Waals surface area contributed by atoms with Gasteiger partial charge in [0.2, 0.25) is 5.43 Å². The summed E-state index contributed by atoms with van der Waals surface area (Å²) in [5.41, 5.74) is 5.83. The van der Waals surface area contributed by atoms with E-state index in [0.717, 1.165) is 12.8 Å². The molecule has 7 nitrogen and oxygen atoms in total. The van der Waals surface area contributed by atoms with Crippen molar-refractivity contribution in [3.05, 3.63) is 33.9 Å². The molecule has 2 atom stereocenters. The molecule has 2 N–H and O–H groups in total. The Hall–Kier alpha value is -2.48. The number of nitrogens with two attached hydrogens (primary N) is 1. The highest BCUT2D eigenvalue weighted by Gasteiger charge is 2.32. The number of rotatable bonds is 4. The molecule has 1 saturated heterocycles. The van der Waals surface area contributed by atoms with Crippen molar-refractivity contribution in [1.82, 2.24) is 9.55 Å². The number of halogens is 1. The van der Waals surface area contributed by atoms with Gasteiger partial charge in [0.1, 0.15) is 11.2 Å². The van der Waals surface area contributed by atoms with Crippen LogP contribution in [0.3, 0.4) is 0 Å². The van der Waals surface area contributed by atoms with Gasteiger partial charge >= 0.3 is 5.97 Å². The maximum atomic E-state index is 14.8. The largest absolute Gasteiger partial charge is 0.462 e. The van der Waals surface area contributed by atoms with Crippen LogP contribution in [0.1, 0.15) is 43.1 Å². The average Bonchev–Trinajstić information content (AvgIpc) is 3.41. The van der Waals surface area contributed by atoms with Crippen molar-refractivity contribution >= 4 is 22.8 Å². The molecule has 2 aliphatic rings. The molecule has 27 heavy (non-hydrogen) atoms. The van der Waals surface area contributed by atoms with Crippen molar-refractivity contribution in [2.24, 2.45) is 11.7 Å². The van der Waals surface area contributed by atoms with Crippen LogP contribution in [0, 0.1) is 11.7 Å². The van der Waals surface area contributed by atoms with Crippen molar-refractivity contribution in [3.63, 3.8) is 0 Å². The third kappa shape index (κ3) is 3.07. The number of hydrogen-bond donors (Lipinski definition) is 1. The minimum atomic E-state index is -0.692. The Bertz CT molecular complexity index is 960. The zero-order chi connectivity index (χ0) is 19.3. The molecular formula is C19H23FN4O3. The second kappa shape index (κ2) is 6.60. The number of pyridine rings is 2. The SMILES string of the molecule is CCOC(=O)c1cn(C2CC2)c2nc(N3CC(C)C(N)C3)c(F)cc2c1=O. The predicted octanol–water partition coefficient (Wildman–Crippen LogP) is 1.83. The Morgan fingerprint density at radius 2 is 2.15 bits per heavy atom. The predicted molar refractivity (Wildman–Crippen MR) is 99.5 cm³/mol. The van der Waals surface area contributed by atoms with Crippen molar-refractivity contribution in [2.45, 2.75) is 38.8 Å². The lowest BCUT2D eigenvalue weighted by atomic mass is 10.1. The minimum absolute atomic E-state index is 0.0429. The second-order valence-electron chi connectivity index (χ2n) is 7.44. The first-order valence-electron chi connectivity index (χ1n) is 9.33. The fourth-order valence-electron chi connectivity index (χ4n) is 3.61. The summed E-state index contributed by atoms with van der Waals surface area (Å²) in [5, 5.41) is 0.102. The molecule has 1 saturated carbocycles. The summed E-state index contributed by atoms with van der Waals surface area (Å²) < 4.78 is 21.6. The number of aromatic nitrogens is 2. The maximum absolute atomic E-state index is 14.8. The Morgan fingerprint density at radius 1 is 1.41 bits per heavy atom. The number of anilines is 1. The summed E-state index contributed by atoms with van der Waals surface area (Å²) in [6.07, 6.45) is 3.37. The molecule has 2 fully saturated rings. The van der Waals surface area contributed by atoms with Gasteiger partial charge in [-0.25, -0.2) is 14.2 Å². The maximum Gasteiger partial charge on any atom is 0.343 e. The van der Waals surface area contributed by atoms with Gasteiger partial charge in [-0.3, -0.25) is 4.79 Å². The molecule has 0 spiro atoms. The van der Waals surface area contributed by atoms with Gasteiger partial charge in [0, 0.05) is 31.4 Å². The Kier molecular flexibility index (Phi) is 4.38. The van der Waals surface area contributed by atoms with E-state index in [0.29, 0.717) is 18.7 Å². The third-order valence-corrected chi connectivity index (χ3v) is 5.35. The van der Waals surface area contributed by atoms with Gasteiger partial charge in [-0.15, -0.1) is 0 Å². The Morgan fingerprint density at radius 3 is 2.74 bits per heavy atom. The van der Waals surface area contributed by atoms with Crippen LogP contribution in [0.25, 0.3) is 11.0 Å². The molecule has 0 aromatic carbocycles. The van der Waals surface area contributed by atoms with Crippen LogP contribution in [0.15, 0.2) is 17.1 Å². The quantitative estimate of drug-likeness (QED) is 0.821. The molecule has 4 rings (SSSR count). The molecule has 1 aliphatic heterocycles. The zero-order valence-corrected chi connectivity index (χ0v) is 15.4. The highest BCUT2D eigenvalue weighted by molar-refractivity contribution is 5.93. The van der Waals surface area contributed by atoms with E-state index in [-0.39, 0.29) is 41.4 Å². The summed E-state index contributed by atoms with van der Waals surface area (Å²) in [6.45, 7) is 5.00. The van der Waals surface area contributed by atoms with E-state index in [1.807, 2.05) is 16.4 Å². The molecule has 3 heterocycles. The smallest absolute Gasteiger partial charge is 0.343 e. The Balaban J connectivity index is 1.88. The van der Waals surface area contributed by atoms with Gasteiger partial charge in [0.15, 0.2) is 11.6 Å². The number of esters is 1. The molecule has 2 aromatic rings. The summed E-state index contributed by atoms with van der Waals surface area (Å²) in [4.78, 5) is 31.3. The van der Waals surface area contributed by atoms with Crippen LogP contribution in [0.4, 0.5) is 10.2 Å². The standard InChI is InChI=1S/C19H23FN4O3/c1-3-27-19(26)13-8-24(11-4-5-11)17-12(16(13)25)6-14(20)18(22-17)23-7-10(2)15(21)9-23/h6,8,10-11,15H,3-5,7,9,21H2,1-2H3. The van der Waals surface area contributed by atoms with Crippen LogP contribution in [0.2, 0.25) is 0 Å². The van der Waals surface area contributed by atoms with Crippen molar-refractivity contribution in [3.8, 4) is 0 Å². The molecule has 1 aliphatic carbocycles. The molecule has 8 heteroatoms. The van der Waals surface area contributed by atoms with Crippen LogP contribution in [-0.4, -0.2) is 41.3 Å². The van der Waals surface area contributed by atoms with E-state index in [4.69, 9.17) is 10.5 Å². The van der Waals surface area contributed by atoms with Gasteiger partial charge in [-0.05, 0) is 31.7 Å². The fourth-order valence-corrected chi connectivity index (χ4v) is 3.61. The first-order valence-corrected chi connectivity index (χ1v) is 9.33. The molecule has 0 amide bonds. The monoisotopic (exact) mass is 374 g/mol. The van der Waals surface area contributed by atoms with E-state index in [1.54, 1.807) is 6.92 Å². The fraction of sp³-hybridized carbons (Fsp3) is 0.526. The number of carbonyl (C=O) groups is 1. The number of carbonyl (C=O) groups excluding carboxylic acids is 1. The highest BCUT2D eigenvalue weighted by atomic mass is 19.1. The third-order valence-electron chi connectivity index (χ3n) is 5.35. The average molecular weight is 374 g/mol. The highest BCUT2D eigenvalue weighted by Crippen LogP contribution is 2.37. The van der Waals surface area contributed by atoms with Crippen molar-refractivity contribution < 1.29 is 13.9 Å². The molecule has 2 unspecified atom stereocenters. The van der Waals surface area contributed by atoms with Crippen LogP contribution < -0.4 is 16.1 Å². The summed E-state index contributed by atoms with van der Waals surface area (Å²) in [5.74, 6) is -0.828. The van der Waals surface area contributed by atoms with E-state index in [9.17, 15) is 14.0 Å². The van der Waals surface area contributed by atoms with E-state index < -0.39 is 17.2 Å². The van der Waals surface area contributed by atoms with Gasteiger partial charge in [-0.2, -0.15) is 0 Å². The van der Waals surface area contributed by atoms with E-state index in [1.165, 1.54) is 12.3 Å². The van der Waals surface area contributed by atoms with Crippen molar-refractivity contribution in [1.29, 1.82) is 0 Å². The number of nitrogens with zero attached hydrogens (tertiary/aromatic N) is 3. The molecule has 0 bridgehead atoms. The van der Waals surface area contributed by atoms with Crippen LogP contribution >= 0.6 is 0 Å². The topological polar surface area (TPSA) is 90.5 Å². The molecule has 0 radical (unpaired) electrons. The lowest BCUT2D eigenvalue weighted by molar-refractivity contribution is 0.0524. The summed E-state index contributed by atoms with van der Waals surface area (Å²) in [6, 6.07) is 1.31. The zero-order valence-electron chi connectivity index (χ0n) is 15.4. The van der Waals surface area contributed by atoms with Crippen LogP contribution in [0.5, 0.6) is 0 Å². The van der Waals surface area contributed by atoms with Gasteiger partial charge < -0.3 is 19.9 Å². The summed E-state index contributed by atoms with van der Waals surface area (Å²) in [7, 11) is 0. The lowest BCUT2D eigenvalue weighted by Crippen LogP contribution is -2.29. The molecular weight excluding hydrogens is 351 g/mol. The van der Waals surface area contributed by atoms with Gasteiger partial charge in [0.05, 0.1) is 12.0 Å². The normalized spacial score (nSPS) is 22.4. The Labute approximate surface area is 155 Å². The number of ether oxygens (including phenoxy) is 1. The van der Waals surface area contributed by atoms with Gasteiger partial charge in [0.25, 0.3) is 0 Å². The van der Waals surface area contributed by atoms with Gasteiger partial charge in [-0.1, -0.05) is 6.92 Å². The number of fused-ring (bicyclic) bond motifs is 1. The lowest BCUT2D eigenvalue weighted by Gasteiger charge is -2.20. The van der Waals surface area contributed by atoms with Crippen molar-refractivity contribution in [2.75, 3.05) is 24.6 Å². The van der Waals surface area contributed by atoms with E-state index in [2.05, 4.69) is 4.98 Å². The van der Waals surface area contributed by atoms with E-state index >= 15 is 0 Å². The number of hydrogen-bond acceptors (Lipinski definition) is 6.